The van der Waals surface area contributed by atoms with Gasteiger partial charge in [0.1, 0.15) is 0 Å². The molecule has 2 fully saturated rings. The van der Waals surface area contributed by atoms with Crippen molar-refractivity contribution < 1.29 is 27.2 Å². The van der Waals surface area contributed by atoms with Gasteiger partial charge in [0.25, 0.3) is 5.91 Å². The molecule has 2 aliphatic rings. The molecule has 1 aliphatic heterocycles. The van der Waals surface area contributed by atoms with Crippen LogP contribution in [0, 0.1) is 5.92 Å². The van der Waals surface area contributed by atoms with E-state index in [4.69, 9.17) is 4.42 Å². The molecule has 0 atom stereocenters. The molecule has 1 aromatic heterocycles. The predicted octanol–water partition coefficient (Wildman–Crippen LogP) is 6.23. The molecule has 0 bridgehead atoms. The molecule has 0 radical (unpaired) electrons. The fraction of sp³-hybridized carbons (Fsp3) is 0.414. The highest BCUT2D eigenvalue weighted by Gasteiger charge is 2.42. The highest BCUT2D eigenvalue weighted by atomic mass is 19.4. The number of nitrogens with one attached hydrogen (secondary N) is 1. The Hall–Kier alpha value is -3.82. The minimum absolute atomic E-state index is 0.152. The van der Waals surface area contributed by atoms with Gasteiger partial charge in [-0.3, -0.25) is 9.59 Å². The number of anilines is 2. The van der Waals surface area contributed by atoms with Crippen molar-refractivity contribution in [1.29, 1.82) is 0 Å². The van der Waals surface area contributed by atoms with E-state index in [1.54, 1.807) is 42.5 Å². The van der Waals surface area contributed by atoms with Gasteiger partial charge in [0, 0.05) is 49.0 Å². The minimum Gasteiger partial charge on any atom is -0.431 e. The van der Waals surface area contributed by atoms with Crippen molar-refractivity contribution in [1.82, 2.24) is 9.88 Å². The lowest BCUT2D eigenvalue weighted by atomic mass is 9.88. The number of hydrogen-bond donors (Lipinski definition) is 1. The van der Waals surface area contributed by atoms with Crippen molar-refractivity contribution in [3.8, 4) is 11.5 Å². The van der Waals surface area contributed by atoms with E-state index >= 15 is 0 Å². The predicted molar refractivity (Wildman–Crippen MR) is 141 cm³/mol. The number of rotatable bonds is 5. The average molecular weight is 541 g/mol. The molecule has 5 rings (SSSR count). The second kappa shape index (κ2) is 11.5. The van der Waals surface area contributed by atoms with E-state index in [0.717, 1.165) is 50.9 Å². The van der Waals surface area contributed by atoms with Crippen molar-refractivity contribution in [2.45, 2.75) is 44.7 Å². The van der Waals surface area contributed by atoms with E-state index in [1.165, 1.54) is 6.42 Å². The number of hydrogen-bond acceptors (Lipinski definition) is 5. The lowest BCUT2D eigenvalue weighted by molar-refractivity contribution is -0.153. The van der Waals surface area contributed by atoms with Crippen molar-refractivity contribution in [2.75, 3.05) is 36.4 Å². The first-order valence-corrected chi connectivity index (χ1v) is 13.4. The maximum atomic E-state index is 13.6. The second-order valence-electron chi connectivity index (χ2n) is 10.1. The standard InChI is InChI=1S/C29H31F3N4O3/c30-29(31,32)25-24(34-27(39-25)20-8-3-1-4-9-20)26(37)33-22-12-14-23(15-13-22)35-16-7-17-36(19-18-35)28(38)21-10-5-2-6-11-21/h1,3-4,8-9,12-15,21H,2,5-7,10-11,16-19H2,(H,33,37). The van der Waals surface area contributed by atoms with Crippen LogP contribution < -0.4 is 10.2 Å². The van der Waals surface area contributed by atoms with E-state index in [9.17, 15) is 22.8 Å². The highest BCUT2D eigenvalue weighted by Crippen LogP contribution is 2.35. The van der Waals surface area contributed by atoms with Crippen LogP contribution in [0.2, 0.25) is 0 Å². The summed E-state index contributed by atoms with van der Waals surface area (Å²) in [5.41, 5.74) is 0.775. The van der Waals surface area contributed by atoms with Gasteiger partial charge in [0.2, 0.25) is 17.6 Å². The number of carbonyl (C=O) groups is 2. The quantitative estimate of drug-likeness (QED) is 0.415. The van der Waals surface area contributed by atoms with E-state index in [-0.39, 0.29) is 17.7 Å². The molecule has 2 heterocycles. The Labute approximate surface area is 225 Å². The monoisotopic (exact) mass is 540 g/mol. The molecule has 1 N–H and O–H groups in total. The smallest absolute Gasteiger partial charge is 0.431 e. The summed E-state index contributed by atoms with van der Waals surface area (Å²) in [5, 5.41) is 2.50. The van der Waals surface area contributed by atoms with Crippen molar-refractivity contribution >= 4 is 23.2 Å². The first kappa shape index (κ1) is 26.8. The van der Waals surface area contributed by atoms with Crippen LogP contribution in [0.4, 0.5) is 24.5 Å². The molecule has 7 nitrogen and oxygen atoms in total. The molecule has 206 valence electrons. The van der Waals surface area contributed by atoms with Crippen LogP contribution in [-0.4, -0.2) is 47.9 Å². The van der Waals surface area contributed by atoms with Crippen molar-refractivity contribution in [2.24, 2.45) is 5.92 Å². The Morgan fingerprint density at radius 1 is 0.872 bits per heavy atom. The number of nitrogens with zero attached hydrogens (tertiary/aromatic N) is 3. The Balaban J connectivity index is 1.24. The van der Waals surface area contributed by atoms with Crippen LogP contribution in [0.5, 0.6) is 0 Å². The zero-order valence-corrected chi connectivity index (χ0v) is 21.5. The summed E-state index contributed by atoms with van der Waals surface area (Å²) in [6.07, 6.45) is 1.41. The zero-order chi connectivity index (χ0) is 27.4. The van der Waals surface area contributed by atoms with Crippen LogP contribution in [0.25, 0.3) is 11.5 Å². The Morgan fingerprint density at radius 3 is 2.28 bits per heavy atom. The Kier molecular flexibility index (Phi) is 7.90. The first-order chi connectivity index (χ1) is 18.8. The number of amides is 2. The fourth-order valence-corrected chi connectivity index (χ4v) is 5.32. The molecule has 0 spiro atoms. The lowest BCUT2D eigenvalue weighted by Gasteiger charge is -2.28. The van der Waals surface area contributed by atoms with Crippen LogP contribution >= 0.6 is 0 Å². The van der Waals surface area contributed by atoms with Crippen LogP contribution in [0.3, 0.4) is 0 Å². The fourth-order valence-electron chi connectivity index (χ4n) is 5.32. The minimum atomic E-state index is -4.88. The summed E-state index contributed by atoms with van der Waals surface area (Å²) < 4.78 is 45.8. The number of oxazole rings is 1. The van der Waals surface area contributed by atoms with Gasteiger partial charge in [-0.25, -0.2) is 4.98 Å². The van der Waals surface area contributed by atoms with Gasteiger partial charge in [-0.15, -0.1) is 0 Å². The third-order valence-electron chi connectivity index (χ3n) is 7.37. The third-order valence-corrected chi connectivity index (χ3v) is 7.37. The summed E-state index contributed by atoms with van der Waals surface area (Å²) in [7, 11) is 0. The summed E-state index contributed by atoms with van der Waals surface area (Å²) in [6, 6.07) is 15.0. The highest BCUT2D eigenvalue weighted by molar-refractivity contribution is 6.04. The average Bonchev–Trinajstić information content (AvgIpc) is 3.28. The molecule has 3 aromatic rings. The third kappa shape index (κ3) is 6.26. The molecule has 10 heteroatoms. The van der Waals surface area contributed by atoms with Gasteiger partial charge in [-0.05, 0) is 55.7 Å². The van der Waals surface area contributed by atoms with E-state index in [0.29, 0.717) is 24.3 Å². The molecule has 1 saturated heterocycles. The number of alkyl halides is 3. The van der Waals surface area contributed by atoms with Gasteiger partial charge < -0.3 is 19.5 Å². The molecular formula is C29H31F3N4O3. The Morgan fingerprint density at radius 2 is 1.59 bits per heavy atom. The normalized spacial score (nSPS) is 17.1. The molecule has 2 aromatic carbocycles. The van der Waals surface area contributed by atoms with Crippen molar-refractivity contribution in [3.05, 3.63) is 66.1 Å². The first-order valence-electron chi connectivity index (χ1n) is 13.4. The molecule has 0 unspecified atom stereocenters. The van der Waals surface area contributed by atoms with Gasteiger partial charge in [0.15, 0.2) is 5.69 Å². The second-order valence-corrected chi connectivity index (χ2v) is 10.1. The van der Waals surface area contributed by atoms with E-state index in [1.807, 2.05) is 17.0 Å². The van der Waals surface area contributed by atoms with Gasteiger partial charge in [0.05, 0.1) is 0 Å². The van der Waals surface area contributed by atoms with Gasteiger partial charge >= 0.3 is 6.18 Å². The summed E-state index contributed by atoms with van der Waals surface area (Å²) in [6.45, 7) is 2.88. The lowest BCUT2D eigenvalue weighted by Crippen LogP contribution is -2.39. The molecule has 1 saturated carbocycles. The topological polar surface area (TPSA) is 78.7 Å². The Bertz CT molecular complexity index is 1290. The molecular weight excluding hydrogens is 509 g/mol. The molecule has 1 aliphatic carbocycles. The maximum Gasteiger partial charge on any atom is 0.452 e. The van der Waals surface area contributed by atoms with Crippen LogP contribution in [0.1, 0.15) is 54.8 Å². The number of carbonyl (C=O) groups excluding carboxylic acids is 2. The molecule has 39 heavy (non-hydrogen) atoms. The summed E-state index contributed by atoms with van der Waals surface area (Å²) in [4.78, 5) is 33.8. The van der Waals surface area contributed by atoms with Gasteiger partial charge in [-0.2, -0.15) is 13.2 Å². The van der Waals surface area contributed by atoms with Crippen LogP contribution in [-0.2, 0) is 11.0 Å². The van der Waals surface area contributed by atoms with Gasteiger partial charge in [-0.1, -0.05) is 37.5 Å². The number of aromatic nitrogens is 1. The van der Waals surface area contributed by atoms with Crippen LogP contribution in [0.15, 0.2) is 59.0 Å². The number of benzene rings is 2. The largest absolute Gasteiger partial charge is 0.452 e. The molecule has 2 amide bonds. The number of halogens is 3. The summed E-state index contributed by atoms with van der Waals surface area (Å²) in [5.74, 6) is -2.30. The maximum absolute atomic E-state index is 13.6. The van der Waals surface area contributed by atoms with E-state index < -0.39 is 23.5 Å². The zero-order valence-electron chi connectivity index (χ0n) is 21.5. The van der Waals surface area contributed by atoms with Crippen molar-refractivity contribution in [3.63, 3.8) is 0 Å². The summed E-state index contributed by atoms with van der Waals surface area (Å²) >= 11 is 0. The SMILES string of the molecule is O=C(Nc1ccc(N2CCCN(C(=O)C3CCCCC3)CC2)cc1)c1nc(-c2ccccc2)oc1C(F)(F)F. The van der Waals surface area contributed by atoms with E-state index in [2.05, 4.69) is 15.2 Å².